The van der Waals surface area contributed by atoms with Crippen molar-refractivity contribution in [1.82, 2.24) is 14.3 Å². The SMILES string of the molecule is CCCC[CH2][Sn]([CH2]CCC)([CH2]CCC)[c]1ccc(CC(=O)CCn2c(=O)c3cnn(C)c3c3ccc(F)cc32)c(F)c1. The number of carbonyl (C=O) groups is 1. The number of carbonyl (C=O) groups excluding carboxylic acids is 1. The Kier molecular flexibility index (Phi) is 11.4. The van der Waals surface area contributed by atoms with Gasteiger partial charge in [-0.3, -0.25) is 4.68 Å². The quantitative estimate of drug-likeness (QED) is 0.0894. The molecule has 0 atom stereocenters. The third-order valence-electron chi connectivity index (χ3n) is 8.86. The number of hydrogen-bond donors (Lipinski definition) is 0. The molecule has 0 aliphatic rings. The van der Waals surface area contributed by atoms with Gasteiger partial charge in [-0.05, 0) is 6.07 Å². The predicted molar refractivity (Wildman–Crippen MR) is 171 cm³/mol. The molecule has 0 bridgehead atoms. The monoisotopic (exact) mass is 685 g/mol. The molecule has 0 saturated carbocycles. The zero-order valence-corrected chi connectivity index (χ0v) is 28.5. The van der Waals surface area contributed by atoms with E-state index in [0.717, 1.165) is 12.8 Å². The van der Waals surface area contributed by atoms with E-state index in [1.807, 2.05) is 6.07 Å². The summed E-state index contributed by atoms with van der Waals surface area (Å²) in [5, 5.41) is 5.33. The molecule has 0 spiro atoms. The van der Waals surface area contributed by atoms with Gasteiger partial charge < -0.3 is 0 Å². The van der Waals surface area contributed by atoms with Gasteiger partial charge in [-0.1, -0.05) is 0 Å². The molecule has 0 aliphatic carbocycles. The van der Waals surface area contributed by atoms with Crippen molar-refractivity contribution >= 4 is 49.5 Å². The fourth-order valence-corrected chi connectivity index (χ4v) is 22.0. The Morgan fingerprint density at radius 1 is 0.881 bits per heavy atom. The Morgan fingerprint density at radius 3 is 2.24 bits per heavy atom. The Balaban J connectivity index is 1.55. The van der Waals surface area contributed by atoms with Crippen molar-refractivity contribution in [2.45, 2.75) is 98.4 Å². The molecule has 42 heavy (non-hydrogen) atoms. The summed E-state index contributed by atoms with van der Waals surface area (Å²) >= 11 is -2.80. The summed E-state index contributed by atoms with van der Waals surface area (Å²) in [4.78, 5) is 26.4. The van der Waals surface area contributed by atoms with E-state index in [2.05, 4.69) is 31.9 Å². The van der Waals surface area contributed by atoms with Crippen LogP contribution in [0.4, 0.5) is 8.78 Å². The van der Waals surface area contributed by atoms with Crippen molar-refractivity contribution in [3.05, 3.63) is 70.1 Å². The van der Waals surface area contributed by atoms with Gasteiger partial charge in [0.25, 0.3) is 0 Å². The second-order valence-corrected chi connectivity index (χ2v) is 25.1. The molecule has 4 rings (SSSR count). The number of nitrogens with zero attached hydrogens (tertiary/aromatic N) is 3. The number of unbranched alkanes of at least 4 members (excludes halogenated alkanes) is 4. The summed E-state index contributed by atoms with van der Waals surface area (Å²) in [6, 6.07) is 10.1. The number of aryl methyl sites for hydroxylation is 2. The number of ketones is 1. The average molecular weight is 684 g/mol. The van der Waals surface area contributed by atoms with E-state index in [-0.39, 0.29) is 36.5 Å². The Morgan fingerprint density at radius 2 is 1.57 bits per heavy atom. The van der Waals surface area contributed by atoms with Crippen molar-refractivity contribution in [3.63, 3.8) is 0 Å². The Bertz CT molecular complexity index is 1590. The third-order valence-corrected chi connectivity index (χ3v) is 24.5. The number of benzene rings is 2. The van der Waals surface area contributed by atoms with E-state index >= 15 is 4.39 Å². The molecule has 5 nitrogen and oxygen atoms in total. The molecule has 8 heteroatoms. The first kappa shape index (κ1) is 32.4. The molecule has 0 aliphatic heterocycles. The normalized spacial score (nSPS) is 12.0. The molecular weight excluding hydrogens is 639 g/mol. The number of halogens is 2. The molecule has 2 aromatic heterocycles. The van der Waals surface area contributed by atoms with Crippen LogP contribution in [0.25, 0.3) is 21.8 Å². The van der Waals surface area contributed by atoms with Gasteiger partial charge in [0, 0.05) is 7.05 Å². The summed E-state index contributed by atoms with van der Waals surface area (Å²) in [6.07, 6.45) is 9.90. The second-order valence-electron chi connectivity index (χ2n) is 11.9. The summed E-state index contributed by atoms with van der Waals surface area (Å²) in [5.74, 6) is -0.898. The van der Waals surface area contributed by atoms with Crippen molar-refractivity contribution in [3.8, 4) is 0 Å². The predicted octanol–water partition coefficient (Wildman–Crippen LogP) is 7.81. The molecule has 226 valence electrons. The van der Waals surface area contributed by atoms with Crippen LogP contribution in [0.1, 0.15) is 77.7 Å². The number of rotatable bonds is 16. The minimum atomic E-state index is -2.80. The van der Waals surface area contributed by atoms with E-state index in [9.17, 15) is 14.0 Å². The fourth-order valence-electron chi connectivity index (χ4n) is 6.43. The van der Waals surface area contributed by atoms with E-state index < -0.39 is 24.2 Å². The van der Waals surface area contributed by atoms with Gasteiger partial charge in [-0.25, -0.2) is 4.39 Å². The zero-order valence-electron chi connectivity index (χ0n) is 25.6. The van der Waals surface area contributed by atoms with Crippen LogP contribution in [0, 0.1) is 11.6 Å². The van der Waals surface area contributed by atoms with Crippen LogP contribution >= 0.6 is 0 Å². The average Bonchev–Trinajstić information content (AvgIpc) is 3.37. The van der Waals surface area contributed by atoms with Gasteiger partial charge in [-0.15, -0.1) is 0 Å². The van der Waals surface area contributed by atoms with Gasteiger partial charge in [0.2, 0.25) is 0 Å². The van der Waals surface area contributed by atoms with Crippen molar-refractivity contribution < 1.29 is 13.6 Å². The minimum absolute atomic E-state index is 0.0232. The Hall–Kier alpha value is -2.55. The summed E-state index contributed by atoms with van der Waals surface area (Å²) in [6.45, 7) is 6.79. The number of Topliss-reactive ketones (excluding diaryl/α,β-unsaturated/α-hetero) is 1. The first-order valence-corrected chi connectivity index (χ1v) is 23.2. The van der Waals surface area contributed by atoms with Gasteiger partial charge in [-0.2, -0.15) is 5.10 Å². The molecule has 0 saturated heterocycles. The van der Waals surface area contributed by atoms with Gasteiger partial charge in [0.05, 0.1) is 0 Å². The molecule has 0 unspecified atom stereocenters. The summed E-state index contributed by atoms with van der Waals surface area (Å²) < 4.78 is 37.9. The third kappa shape index (κ3) is 7.14. The van der Waals surface area contributed by atoms with Crippen LogP contribution in [-0.4, -0.2) is 38.5 Å². The van der Waals surface area contributed by atoms with Gasteiger partial charge >= 0.3 is 226 Å². The van der Waals surface area contributed by atoms with Crippen molar-refractivity contribution in [2.24, 2.45) is 7.05 Å². The first-order valence-electron chi connectivity index (χ1n) is 15.7. The topological polar surface area (TPSA) is 56.9 Å². The zero-order chi connectivity index (χ0) is 30.3. The molecule has 0 N–H and O–H groups in total. The number of aromatic nitrogens is 3. The van der Waals surface area contributed by atoms with E-state index in [4.69, 9.17) is 0 Å². The number of fused-ring (bicyclic) bond motifs is 3. The Labute approximate surface area is 252 Å². The molecule has 0 amide bonds. The molecule has 0 radical (unpaired) electrons. The molecule has 0 fully saturated rings. The molecule has 2 aromatic carbocycles. The maximum atomic E-state index is 15.6. The van der Waals surface area contributed by atoms with Crippen molar-refractivity contribution in [1.29, 1.82) is 0 Å². The molecular formula is C34H45F2N3O2Sn. The van der Waals surface area contributed by atoms with E-state index in [1.165, 1.54) is 71.9 Å². The summed E-state index contributed by atoms with van der Waals surface area (Å²) in [5.41, 5.74) is 1.15. The second kappa shape index (κ2) is 14.8. The van der Waals surface area contributed by atoms with Gasteiger partial charge in [0.1, 0.15) is 0 Å². The standard InChI is InChI=1S/C21H16F2N3O2.C5H11.2C4H9.Sn/c1-25-20-16-7-6-14(22)11-19(16)26(21(28)17(20)12-24-25)9-8-15(27)10-13-4-2-3-5-18(13)23;1-3-5-4-2;2*1-3-4-2;/h2,4-7,11-12H,8-10H2,1H3;1,3-5H2,2H3;2*1,3-4H2,2H3;. The first-order chi connectivity index (χ1) is 20.2. The molecule has 4 aromatic rings. The fraction of sp³-hybridized carbons (Fsp3) is 0.500. The van der Waals surface area contributed by atoms with Crippen molar-refractivity contribution in [2.75, 3.05) is 0 Å². The number of pyridine rings is 1. The van der Waals surface area contributed by atoms with Crippen LogP contribution in [-0.2, 0) is 24.8 Å². The molecule has 2 heterocycles. The van der Waals surface area contributed by atoms with Crippen LogP contribution in [0.2, 0.25) is 13.3 Å². The van der Waals surface area contributed by atoms with Crippen LogP contribution in [0.5, 0.6) is 0 Å². The van der Waals surface area contributed by atoms with Crippen LogP contribution < -0.4 is 9.14 Å². The van der Waals surface area contributed by atoms with E-state index in [0.29, 0.717) is 27.4 Å². The number of hydrogen-bond acceptors (Lipinski definition) is 3. The van der Waals surface area contributed by atoms with Crippen LogP contribution in [0.15, 0.2) is 47.4 Å². The maximum absolute atomic E-state index is 15.6. The van der Waals surface area contributed by atoms with Gasteiger partial charge in [0.15, 0.2) is 0 Å². The van der Waals surface area contributed by atoms with Crippen LogP contribution in [0.3, 0.4) is 0 Å². The van der Waals surface area contributed by atoms with E-state index in [1.54, 1.807) is 23.9 Å². The summed E-state index contributed by atoms with van der Waals surface area (Å²) in [7, 11) is 1.74.